The summed E-state index contributed by atoms with van der Waals surface area (Å²) in [5.41, 5.74) is 1.43. The number of carbonyl (C=O) groups is 2. The number of urea groups is 1. The molecule has 2 N–H and O–H groups in total. The summed E-state index contributed by atoms with van der Waals surface area (Å²) in [7, 11) is 1.57. The molecule has 0 bridgehead atoms. The lowest BCUT2D eigenvalue weighted by atomic mass is 9.73. The van der Waals surface area contributed by atoms with Crippen LogP contribution < -0.4 is 5.32 Å². The quantitative estimate of drug-likeness (QED) is 0.693. The molecule has 33 heavy (non-hydrogen) atoms. The predicted molar refractivity (Wildman–Crippen MR) is 116 cm³/mol. The van der Waals surface area contributed by atoms with Gasteiger partial charge in [-0.25, -0.2) is 13.6 Å². The monoisotopic (exact) mass is 455 g/mol. The highest BCUT2D eigenvalue weighted by Gasteiger charge is 2.54. The number of nitrogens with zero attached hydrogens (tertiary/aromatic N) is 2. The summed E-state index contributed by atoms with van der Waals surface area (Å²) in [4.78, 5) is 28.3. The summed E-state index contributed by atoms with van der Waals surface area (Å²) in [5, 5.41) is 12.2. The molecule has 0 aliphatic carbocycles. The maximum absolute atomic E-state index is 13.9. The van der Waals surface area contributed by atoms with Gasteiger partial charge < -0.3 is 25.0 Å². The van der Waals surface area contributed by atoms with Crippen molar-refractivity contribution in [3.05, 3.63) is 65.2 Å². The topological polar surface area (TPSA) is 82.1 Å². The van der Waals surface area contributed by atoms with Gasteiger partial charge in [0.1, 0.15) is 24.8 Å². The van der Waals surface area contributed by atoms with Crippen molar-refractivity contribution >= 4 is 17.6 Å². The molecule has 3 atom stereocenters. The van der Waals surface area contributed by atoms with Gasteiger partial charge in [0.15, 0.2) is 0 Å². The van der Waals surface area contributed by atoms with Crippen molar-refractivity contribution in [1.29, 1.82) is 0 Å². The van der Waals surface area contributed by atoms with Gasteiger partial charge in [0.2, 0.25) is 5.91 Å². The third kappa shape index (κ3) is 4.53. The Labute approximate surface area is 189 Å². The van der Waals surface area contributed by atoms with Gasteiger partial charge >= 0.3 is 6.03 Å². The summed E-state index contributed by atoms with van der Waals surface area (Å²) in [5.74, 6) is 3.91. The Bertz CT molecular complexity index is 1110. The number of aliphatic hydroxyl groups is 1. The summed E-state index contributed by atoms with van der Waals surface area (Å²) in [6.45, 7) is 0.109. The number of halogens is 2. The molecule has 2 heterocycles. The fraction of sp³-hybridized carbons (Fsp3) is 0.333. The van der Waals surface area contributed by atoms with Gasteiger partial charge in [-0.1, -0.05) is 24.0 Å². The molecule has 0 unspecified atom stereocenters. The third-order valence-electron chi connectivity index (χ3n) is 5.95. The Hall–Kier alpha value is -3.48. The number of rotatable bonds is 4. The van der Waals surface area contributed by atoms with Crippen LogP contribution in [0.2, 0.25) is 0 Å². The molecular weight excluding hydrogens is 432 g/mol. The van der Waals surface area contributed by atoms with E-state index in [1.807, 2.05) is 24.3 Å². The molecule has 9 heteroatoms. The molecule has 2 aliphatic heterocycles. The van der Waals surface area contributed by atoms with Crippen molar-refractivity contribution in [2.45, 2.75) is 18.0 Å². The van der Waals surface area contributed by atoms with E-state index in [2.05, 4.69) is 17.2 Å². The van der Waals surface area contributed by atoms with Gasteiger partial charge in [0.25, 0.3) is 0 Å². The Balaban J connectivity index is 1.50. The first kappa shape index (κ1) is 22.7. The minimum absolute atomic E-state index is 0.179. The third-order valence-corrected chi connectivity index (χ3v) is 5.95. The lowest BCUT2D eigenvalue weighted by Gasteiger charge is -2.58. The smallest absolute Gasteiger partial charge is 0.322 e. The van der Waals surface area contributed by atoms with Crippen LogP contribution in [0.15, 0.2) is 42.5 Å². The van der Waals surface area contributed by atoms with Crippen LogP contribution in [0.1, 0.15) is 17.0 Å². The van der Waals surface area contributed by atoms with Crippen molar-refractivity contribution in [1.82, 2.24) is 9.80 Å². The van der Waals surface area contributed by atoms with Gasteiger partial charge in [-0.15, -0.1) is 0 Å². The van der Waals surface area contributed by atoms with Crippen molar-refractivity contribution in [3.63, 3.8) is 0 Å². The molecule has 0 spiro atoms. The highest BCUT2D eigenvalue weighted by molar-refractivity contribution is 5.94. The lowest BCUT2D eigenvalue weighted by Crippen LogP contribution is -2.73. The number of benzene rings is 2. The minimum atomic E-state index is -0.773. The van der Waals surface area contributed by atoms with E-state index in [4.69, 9.17) is 4.74 Å². The van der Waals surface area contributed by atoms with Gasteiger partial charge in [-0.05, 0) is 29.8 Å². The summed E-state index contributed by atoms with van der Waals surface area (Å²) < 4.78 is 32.3. The fourth-order valence-corrected chi connectivity index (χ4v) is 4.44. The van der Waals surface area contributed by atoms with E-state index in [9.17, 15) is 23.5 Å². The first-order valence-electron chi connectivity index (χ1n) is 10.4. The van der Waals surface area contributed by atoms with Crippen molar-refractivity contribution in [3.8, 4) is 11.8 Å². The summed E-state index contributed by atoms with van der Waals surface area (Å²) >= 11 is 0. The van der Waals surface area contributed by atoms with E-state index in [-0.39, 0.29) is 49.3 Å². The molecule has 2 saturated heterocycles. The number of nitrogens with one attached hydrogen (secondary N) is 1. The highest BCUT2D eigenvalue weighted by atomic mass is 19.1. The zero-order valence-corrected chi connectivity index (χ0v) is 17.9. The van der Waals surface area contributed by atoms with Crippen LogP contribution in [0.4, 0.5) is 19.3 Å². The zero-order chi connectivity index (χ0) is 23.5. The molecule has 0 radical (unpaired) electrons. The number of amides is 3. The second-order valence-electron chi connectivity index (χ2n) is 7.94. The average Bonchev–Trinajstić information content (AvgIpc) is 2.78. The molecular formula is C24H23F2N3O4. The molecule has 4 rings (SSSR count). The zero-order valence-electron chi connectivity index (χ0n) is 17.9. The Morgan fingerprint density at radius 1 is 1.24 bits per heavy atom. The first-order chi connectivity index (χ1) is 15.9. The number of ether oxygens (including phenoxy) is 1. The Kier molecular flexibility index (Phi) is 6.58. The number of anilines is 1. The van der Waals surface area contributed by atoms with Crippen LogP contribution in [0, 0.1) is 23.5 Å². The van der Waals surface area contributed by atoms with E-state index in [0.29, 0.717) is 6.61 Å². The van der Waals surface area contributed by atoms with E-state index in [1.165, 1.54) is 4.90 Å². The highest BCUT2D eigenvalue weighted by Crippen LogP contribution is 2.43. The molecule has 0 saturated carbocycles. The van der Waals surface area contributed by atoms with E-state index in [1.54, 1.807) is 12.0 Å². The number of aliphatic hydroxyl groups excluding tert-OH is 1. The number of carbonyl (C=O) groups excluding carboxylic acids is 2. The minimum Gasteiger partial charge on any atom is -0.394 e. The predicted octanol–water partition coefficient (Wildman–Crippen LogP) is 2.17. The van der Waals surface area contributed by atoms with Gasteiger partial charge in [0.05, 0.1) is 24.4 Å². The van der Waals surface area contributed by atoms with Crippen molar-refractivity contribution in [2.24, 2.45) is 0 Å². The molecule has 3 amide bonds. The molecule has 0 aromatic heterocycles. The summed E-state index contributed by atoms with van der Waals surface area (Å²) in [6.07, 6.45) is 0. The number of fused-ring (bicyclic) bond motifs is 1. The largest absolute Gasteiger partial charge is 0.394 e. The van der Waals surface area contributed by atoms with E-state index >= 15 is 0 Å². The second kappa shape index (κ2) is 9.57. The Morgan fingerprint density at radius 3 is 2.70 bits per heavy atom. The van der Waals surface area contributed by atoms with Crippen LogP contribution >= 0.6 is 0 Å². The number of piperazine rings is 1. The first-order valence-corrected chi connectivity index (χ1v) is 10.4. The van der Waals surface area contributed by atoms with Crippen LogP contribution in [-0.4, -0.2) is 72.3 Å². The number of methoxy groups -OCH3 is 1. The number of hydrogen-bond acceptors (Lipinski definition) is 4. The Morgan fingerprint density at radius 2 is 2.00 bits per heavy atom. The molecule has 2 aliphatic rings. The summed E-state index contributed by atoms with van der Waals surface area (Å²) in [6, 6.07) is 8.85. The fourth-order valence-electron chi connectivity index (χ4n) is 4.44. The number of hydrogen-bond donors (Lipinski definition) is 2. The standard InChI is InChI=1S/C24H23F2N3O4/c1-33-10-2-3-15-4-6-16(7-5-15)23-20-12-28(13-22(31)29(20)21(23)14-30)24(32)27-19-11-17(25)8-9-18(19)26/h4-9,11,20-21,23,30H,10,12-14H2,1H3,(H,27,32)/t20-,21+,23-/m1/s1. The van der Waals surface area contributed by atoms with Gasteiger partial charge in [-0.2, -0.15) is 0 Å². The molecule has 172 valence electrons. The molecule has 2 aromatic rings. The maximum Gasteiger partial charge on any atom is 0.322 e. The second-order valence-corrected chi connectivity index (χ2v) is 7.94. The molecule has 2 fully saturated rings. The SMILES string of the molecule is COCC#Cc1ccc([C@@H]2[C@H]3CN(C(=O)Nc4cc(F)ccc4F)CC(=O)N3[C@H]2CO)cc1. The molecule has 2 aromatic carbocycles. The molecule has 7 nitrogen and oxygen atoms in total. The lowest BCUT2D eigenvalue weighted by molar-refractivity contribution is -0.159. The van der Waals surface area contributed by atoms with Crippen LogP contribution in [-0.2, 0) is 9.53 Å². The van der Waals surface area contributed by atoms with Gasteiger partial charge in [0, 0.05) is 31.2 Å². The van der Waals surface area contributed by atoms with E-state index in [0.717, 1.165) is 29.3 Å². The van der Waals surface area contributed by atoms with Crippen molar-refractivity contribution < 1.29 is 28.2 Å². The van der Waals surface area contributed by atoms with Crippen molar-refractivity contribution in [2.75, 3.05) is 38.7 Å². The van der Waals surface area contributed by atoms with Crippen LogP contribution in [0.5, 0.6) is 0 Å². The van der Waals surface area contributed by atoms with Gasteiger partial charge in [-0.3, -0.25) is 4.79 Å². The van der Waals surface area contributed by atoms with Crippen LogP contribution in [0.3, 0.4) is 0 Å². The van der Waals surface area contributed by atoms with Crippen LogP contribution in [0.25, 0.3) is 0 Å². The normalized spacial score (nSPS) is 21.6. The average molecular weight is 455 g/mol. The maximum atomic E-state index is 13.9. The van der Waals surface area contributed by atoms with E-state index < -0.39 is 17.7 Å².